The summed E-state index contributed by atoms with van der Waals surface area (Å²) in [5.41, 5.74) is 7.10. The molecule has 0 saturated heterocycles. The molecular formula is C9H15N3. The van der Waals surface area contributed by atoms with E-state index in [1.807, 2.05) is 6.21 Å². The molecule has 1 aliphatic heterocycles. The number of hydrogen-bond donors (Lipinski definition) is 1. The van der Waals surface area contributed by atoms with Crippen LogP contribution >= 0.6 is 0 Å². The molecular weight excluding hydrogens is 150 g/mol. The van der Waals surface area contributed by atoms with Crippen LogP contribution in [0, 0.1) is 5.92 Å². The summed E-state index contributed by atoms with van der Waals surface area (Å²) < 4.78 is 0. The molecule has 3 nitrogen and oxygen atoms in total. The van der Waals surface area contributed by atoms with Crippen LogP contribution in [0.25, 0.3) is 0 Å². The van der Waals surface area contributed by atoms with Gasteiger partial charge in [-0.05, 0) is 31.6 Å². The van der Waals surface area contributed by atoms with Crippen LogP contribution < -0.4 is 5.73 Å². The average molecular weight is 165 g/mol. The second kappa shape index (κ2) is 3.35. The summed E-state index contributed by atoms with van der Waals surface area (Å²) in [5, 5.41) is 8.02. The topological polar surface area (TPSA) is 50.7 Å². The minimum Gasteiger partial charge on any atom is -0.328 e. The molecule has 66 valence electrons. The molecule has 0 spiro atoms. The van der Waals surface area contributed by atoms with Crippen LogP contribution in [0.5, 0.6) is 0 Å². The smallest absolute Gasteiger partial charge is 0.0490 e. The summed E-state index contributed by atoms with van der Waals surface area (Å²) in [6, 6.07) is 0.434. The van der Waals surface area contributed by atoms with E-state index in [9.17, 15) is 0 Å². The maximum Gasteiger partial charge on any atom is 0.0490 e. The molecule has 0 amide bonds. The highest BCUT2D eigenvalue weighted by atomic mass is 15.2. The molecule has 0 radical (unpaired) electrons. The lowest BCUT2D eigenvalue weighted by Crippen LogP contribution is -2.29. The van der Waals surface area contributed by atoms with E-state index < -0.39 is 0 Å². The van der Waals surface area contributed by atoms with Crippen molar-refractivity contribution in [2.75, 3.05) is 0 Å². The Labute approximate surface area is 72.7 Å². The molecule has 0 atom stereocenters. The van der Waals surface area contributed by atoms with Gasteiger partial charge in [-0.15, -0.1) is 0 Å². The fourth-order valence-electron chi connectivity index (χ4n) is 1.99. The summed E-state index contributed by atoms with van der Waals surface area (Å²) >= 11 is 0. The van der Waals surface area contributed by atoms with Gasteiger partial charge in [0.25, 0.3) is 0 Å². The van der Waals surface area contributed by atoms with E-state index in [1.165, 1.54) is 18.6 Å². The van der Waals surface area contributed by atoms with Gasteiger partial charge < -0.3 is 5.73 Å². The highest BCUT2D eigenvalue weighted by Crippen LogP contribution is 2.26. The first-order valence-electron chi connectivity index (χ1n) is 4.70. The van der Waals surface area contributed by atoms with Gasteiger partial charge in [0, 0.05) is 24.4 Å². The third-order valence-electron chi connectivity index (χ3n) is 2.81. The molecule has 2 aliphatic rings. The van der Waals surface area contributed by atoms with E-state index in [0.717, 1.165) is 19.3 Å². The molecule has 1 aliphatic carbocycles. The van der Waals surface area contributed by atoms with E-state index in [-0.39, 0.29) is 0 Å². The Kier molecular flexibility index (Phi) is 2.21. The molecule has 0 aromatic carbocycles. The molecule has 12 heavy (non-hydrogen) atoms. The van der Waals surface area contributed by atoms with Gasteiger partial charge >= 0.3 is 0 Å². The first-order valence-corrected chi connectivity index (χ1v) is 4.70. The van der Waals surface area contributed by atoms with Crippen molar-refractivity contribution in [1.29, 1.82) is 0 Å². The van der Waals surface area contributed by atoms with Gasteiger partial charge in [0.2, 0.25) is 0 Å². The predicted octanol–water partition coefficient (Wildman–Crippen LogP) is 1.33. The Morgan fingerprint density at radius 3 is 2.58 bits per heavy atom. The Morgan fingerprint density at radius 1 is 1.25 bits per heavy atom. The first-order chi connectivity index (χ1) is 5.86. The Morgan fingerprint density at radius 2 is 2.00 bits per heavy atom. The third-order valence-corrected chi connectivity index (χ3v) is 2.81. The Hall–Kier alpha value is -0.700. The van der Waals surface area contributed by atoms with Crippen LogP contribution in [-0.2, 0) is 0 Å². The molecule has 0 aromatic rings. The summed E-state index contributed by atoms with van der Waals surface area (Å²) in [6.45, 7) is 0. The zero-order chi connectivity index (χ0) is 8.39. The lowest BCUT2D eigenvalue weighted by Gasteiger charge is -2.25. The van der Waals surface area contributed by atoms with Gasteiger partial charge in [0.15, 0.2) is 0 Å². The van der Waals surface area contributed by atoms with E-state index in [4.69, 9.17) is 5.73 Å². The van der Waals surface area contributed by atoms with Gasteiger partial charge in [0.1, 0.15) is 0 Å². The van der Waals surface area contributed by atoms with Crippen molar-refractivity contribution in [2.24, 2.45) is 21.9 Å². The molecule has 1 heterocycles. The Balaban J connectivity index is 1.90. The fraction of sp³-hybridized carbons (Fsp3) is 0.778. The third kappa shape index (κ3) is 1.55. The van der Waals surface area contributed by atoms with E-state index in [2.05, 4.69) is 10.2 Å². The quantitative estimate of drug-likeness (QED) is 0.626. The normalized spacial score (nSPS) is 35.2. The van der Waals surface area contributed by atoms with Crippen LogP contribution in [0.15, 0.2) is 10.2 Å². The van der Waals surface area contributed by atoms with Gasteiger partial charge in [-0.25, -0.2) is 0 Å². The van der Waals surface area contributed by atoms with Crippen molar-refractivity contribution in [2.45, 2.75) is 38.1 Å². The van der Waals surface area contributed by atoms with E-state index in [1.54, 1.807) is 0 Å². The minimum absolute atomic E-state index is 0.434. The zero-order valence-electron chi connectivity index (χ0n) is 7.24. The lowest BCUT2D eigenvalue weighted by atomic mass is 9.83. The summed E-state index contributed by atoms with van der Waals surface area (Å²) in [7, 11) is 0. The molecule has 0 unspecified atom stereocenters. The zero-order valence-corrected chi connectivity index (χ0v) is 7.24. The lowest BCUT2D eigenvalue weighted by molar-refractivity contribution is 0.390. The van der Waals surface area contributed by atoms with E-state index >= 15 is 0 Å². The molecule has 0 aromatic heterocycles. The van der Waals surface area contributed by atoms with Crippen LogP contribution in [0.1, 0.15) is 32.1 Å². The molecule has 2 N–H and O–H groups in total. The van der Waals surface area contributed by atoms with Gasteiger partial charge in [-0.2, -0.15) is 10.2 Å². The number of hydrogen-bond acceptors (Lipinski definition) is 3. The highest BCUT2D eigenvalue weighted by Gasteiger charge is 2.23. The Bertz CT molecular complexity index is 212. The molecule has 1 saturated carbocycles. The van der Waals surface area contributed by atoms with Crippen molar-refractivity contribution in [1.82, 2.24) is 0 Å². The van der Waals surface area contributed by atoms with Crippen molar-refractivity contribution < 1.29 is 0 Å². The fourth-order valence-corrected chi connectivity index (χ4v) is 1.99. The summed E-state index contributed by atoms with van der Waals surface area (Å²) in [5.74, 6) is 0.673. The molecule has 0 bridgehead atoms. The number of nitrogens with two attached hydrogens (primary N) is 1. The maximum atomic E-state index is 5.82. The van der Waals surface area contributed by atoms with Crippen molar-refractivity contribution in [3.63, 3.8) is 0 Å². The van der Waals surface area contributed by atoms with Crippen molar-refractivity contribution >= 4 is 11.9 Å². The van der Waals surface area contributed by atoms with Gasteiger partial charge in [-0.1, -0.05) is 0 Å². The van der Waals surface area contributed by atoms with Crippen molar-refractivity contribution in [3.8, 4) is 0 Å². The van der Waals surface area contributed by atoms with Gasteiger partial charge in [0.05, 0.1) is 0 Å². The largest absolute Gasteiger partial charge is 0.328 e. The first kappa shape index (κ1) is 7.92. The monoisotopic (exact) mass is 165 g/mol. The standard InChI is InChI=1S/C9H15N3/c10-8-3-1-7(2-4-8)9-5-6-11-12-9/h6-8H,1-5,10H2. The second-order valence-electron chi connectivity index (χ2n) is 3.71. The van der Waals surface area contributed by atoms with Crippen LogP contribution in [0.4, 0.5) is 0 Å². The summed E-state index contributed by atoms with van der Waals surface area (Å²) in [4.78, 5) is 0. The molecule has 1 fully saturated rings. The van der Waals surface area contributed by atoms with Crippen LogP contribution in [-0.4, -0.2) is 18.0 Å². The van der Waals surface area contributed by atoms with Gasteiger partial charge in [-0.3, -0.25) is 0 Å². The predicted molar refractivity (Wildman–Crippen MR) is 50.5 cm³/mol. The molecule has 3 heteroatoms. The van der Waals surface area contributed by atoms with Crippen LogP contribution in [0.3, 0.4) is 0 Å². The van der Waals surface area contributed by atoms with Crippen LogP contribution in [0.2, 0.25) is 0 Å². The summed E-state index contributed by atoms with van der Waals surface area (Å²) in [6.07, 6.45) is 7.60. The van der Waals surface area contributed by atoms with E-state index in [0.29, 0.717) is 12.0 Å². The maximum absolute atomic E-state index is 5.82. The number of rotatable bonds is 1. The highest BCUT2D eigenvalue weighted by molar-refractivity contribution is 5.99. The minimum atomic E-state index is 0.434. The molecule has 2 rings (SSSR count). The number of nitrogens with zero attached hydrogens (tertiary/aromatic N) is 2. The van der Waals surface area contributed by atoms with Crippen molar-refractivity contribution in [3.05, 3.63) is 0 Å². The SMILES string of the molecule is NC1CCC(C2=NN=CC2)CC1. The second-order valence-corrected chi connectivity index (χ2v) is 3.71. The average Bonchev–Trinajstić information content (AvgIpc) is 2.58.